The number of hydrogen-bond donors (Lipinski definition) is 2. The Kier molecular flexibility index (Phi) is 2.94. The number of likely N-dealkylation sites (N-methyl/N-ethyl adjacent to an activating group) is 1. The maximum absolute atomic E-state index is 10.9. The van der Waals surface area contributed by atoms with Gasteiger partial charge in [-0.05, 0) is 7.05 Å². The number of rotatable bonds is 3. The molecular weight excluding hydrogens is 164 g/mol. The van der Waals surface area contributed by atoms with Gasteiger partial charge in [-0.15, -0.1) is 5.10 Å². The molecule has 5 nitrogen and oxygen atoms in total. The second-order valence-electron chi connectivity index (χ2n) is 1.86. The van der Waals surface area contributed by atoms with Crippen molar-refractivity contribution in [2.45, 2.75) is 0 Å². The fourth-order valence-corrected chi connectivity index (χ4v) is 1.00. The lowest BCUT2D eigenvalue weighted by Crippen LogP contribution is -2.24. The van der Waals surface area contributed by atoms with Crippen LogP contribution in [0.15, 0.2) is 6.20 Å². The Morgan fingerprint density at radius 2 is 2.64 bits per heavy atom. The van der Waals surface area contributed by atoms with Crippen molar-refractivity contribution in [3.8, 4) is 0 Å². The fraction of sp³-hybridized carbons (Fsp3) is 0.400. The molecule has 0 aliphatic carbocycles. The highest BCUT2D eigenvalue weighted by molar-refractivity contribution is 7.10. The summed E-state index contributed by atoms with van der Waals surface area (Å²) in [5.41, 5.74) is 0. The normalized spacial score (nSPS) is 9.55. The van der Waals surface area contributed by atoms with Crippen LogP contribution < -0.4 is 10.6 Å². The summed E-state index contributed by atoms with van der Waals surface area (Å²) in [5.74, 6) is -0.0847. The van der Waals surface area contributed by atoms with Crippen LogP contribution in [0.1, 0.15) is 0 Å². The molecule has 0 saturated carbocycles. The number of aromatic nitrogens is 2. The minimum Gasteiger partial charge on any atom is -0.314 e. The number of anilines is 1. The van der Waals surface area contributed by atoms with Gasteiger partial charge in [0, 0.05) is 11.5 Å². The molecule has 0 aliphatic heterocycles. The van der Waals surface area contributed by atoms with E-state index in [0.29, 0.717) is 11.5 Å². The molecule has 0 saturated heterocycles. The van der Waals surface area contributed by atoms with E-state index in [9.17, 15) is 4.79 Å². The van der Waals surface area contributed by atoms with E-state index >= 15 is 0 Å². The molecule has 1 aromatic rings. The number of nitrogens with zero attached hydrogens (tertiary/aromatic N) is 2. The molecule has 0 aromatic carbocycles. The van der Waals surface area contributed by atoms with Crippen molar-refractivity contribution < 1.29 is 4.79 Å². The van der Waals surface area contributed by atoms with Gasteiger partial charge in [-0.25, -0.2) is 0 Å². The standard InChI is InChI=1S/C5H8N4OS/c1-6-2-4(10)8-5-3-7-9-11-5/h3,6H,2H2,1H3,(H,8,10). The Balaban J connectivity index is 2.37. The first kappa shape index (κ1) is 8.09. The topological polar surface area (TPSA) is 66.9 Å². The Bertz CT molecular complexity index is 222. The molecule has 0 spiro atoms. The highest BCUT2D eigenvalue weighted by Gasteiger charge is 2.00. The van der Waals surface area contributed by atoms with Crippen molar-refractivity contribution in [3.63, 3.8) is 0 Å². The molecule has 0 aliphatic rings. The predicted molar refractivity (Wildman–Crippen MR) is 42.5 cm³/mol. The third-order valence-corrected chi connectivity index (χ3v) is 1.54. The zero-order chi connectivity index (χ0) is 8.10. The third kappa shape index (κ3) is 2.60. The Morgan fingerprint density at radius 1 is 1.82 bits per heavy atom. The lowest BCUT2D eigenvalue weighted by atomic mass is 10.6. The number of carbonyl (C=O) groups is 1. The predicted octanol–water partition coefficient (Wildman–Crippen LogP) is -0.304. The number of amides is 1. The molecule has 1 amide bonds. The van der Waals surface area contributed by atoms with Crippen molar-refractivity contribution >= 4 is 22.4 Å². The van der Waals surface area contributed by atoms with Crippen LogP contribution in [0.2, 0.25) is 0 Å². The highest BCUT2D eigenvalue weighted by atomic mass is 32.1. The fourth-order valence-electron chi connectivity index (χ4n) is 0.564. The van der Waals surface area contributed by atoms with Crippen molar-refractivity contribution in [2.24, 2.45) is 0 Å². The average molecular weight is 172 g/mol. The summed E-state index contributed by atoms with van der Waals surface area (Å²) in [7, 11) is 1.71. The largest absolute Gasteiger partial charge is 0.314 e. The lowest BCUT2D eigenvalue weighted by Gasteiger charge is -1.98. The summed E-state index contributed by atoms with van der Waals surface area (Å²) >= 11 is 1.16. The smallest absolute Gasteiger partial charge is 0.239 e. The molecule has 0 fully saturated rings. The van der Waals surface area contributed by atoms with Gasteiger partial charge in [0.15, 0.2) is 0 Å². The van der Waals surface area contributed by atoms with Crippen molar-refractivity contribution in [2.75, 3.05) is 18.9 Å². The van der Waals surface area contributed by atoms with Gasteiger partial charge in [-0.3, -0.25) is 4.79 Å². The van der Waals surface area contributed by atoms with E-state index in [-0.39, 0.29) is 5.91 Å². The molecule has 6 heteroatoms. The minimum atomic E-state index is -0.0847. The van der Waals surface area contributed by atoms with Gasteiger partial charge in [-0.1, -0.05) is 4.49 Å². The molecular formula is C5H8N4OS. The van der Waals surface area contributed by atoms with Gasteiger partial charge in [0.2, 0.25) is 5.91 Å². The lowest BCUT2D eigenvalue weighted by molar-refractivity contribution is -0.115. The molecule has 0 bridgehead atoms. The maximum atomic E-state index is 10.9. The molecule has 60 valence electrons. The Labute approximate surface area is 68.0 Å². The highest BCUT2D eigenvalue weighted by Crippen LogP contribution is 2.07. The number of carbonyl (C=O) groups excluding carboxylic acids is 1. The monoisotopic (exact) mass is 172 g/mol. The van der Waals surface area contributed by atoms with Gasteiger partial charge in [0.05, 0.1) is 12.7 Å². The summed E-state index contributed by atoms with van der Waals surface area (Å²) in [5, 5.41) is 9.59. The molecule has 1 rings (SSSR count). The van der Waals surface area contributed by atoms with Crippen LogP contribution in [0.5, 0.6) is 0 Å². The minimum absolute atomic E-state index is 0.0847. The van der Waals surface area contributed by atoms with E-state index < -0.39 is 0 Å². The first-order valence-electron chi connectivity index (χ1n) is 3.04. The Hall–Kier alpha value is -1.01. The zero-order valence-corrected chi connectivity index (χ0v) is 6.81. The SMILES string of the molecule is CNCC(=O)Nc1cnns1. The first-order chi connectivity index (χ1) is 5.33. The molecule has 0 radical (unpaired) electrons. The van der Waals surface area contributed by atoms with Crippen LogP contribution in [-0.4, -0.2) is 29.1 Å². The zero-order valence-electron chi connectivity index (χ0n) is 6.00. The van der Waals surface area contributed by atoms with Crippen LogP contribution in [0.4, 0.5) is 5.00 Å². The number of nitrogens with one attached hydrogen (secondary N) is 2. The summed E-state index contributed by atoms with van der Waals surface area (Å²) in [6.07, 6.45) is 1.51. The molecule has 1 heterocycles. The first-order valence-corrected chi connectivity index (χ1v) is 3.82. The van der Waals surface area contributed by atoms with Gasteiger partial charge < -0.3 is 10.6 Å². The van der Waals surface area contributed by atoms with Gasteiger partial charge in [0.25, 0.3) is 0 Å². The van der Waals surface area contributed by atoms with E-state index in [1.165, 1.54) is 6.20 Å². The maximum Gasteiger partial charge on any atom is 0.239 e. The molecule has 11 heavy (non-hydrogen) atoms. The quantitative estimate of drug-likeness (QED) is 0.656. The molecule has 2 N–H and O–H groups in total. The van der Waals surface area contributed by atoms with Gasteiger partial charge in [0.1, 0.15) is 5.00 Å². The number of hydrogen-bond acceptors (Lipinski definition) is 5. The molecule has 0 unspecified atom stereocenters. The van der Waals surface area contributed by atoms with E-state index in [0.717, 1.165) is 11.5 Å². The van der Waals surface area contributed by atoms with Crippen molar-refractivity contribution in [3.05, 3.63) is 6.20 Å². The van der Waals surface area contributed by atoms with E-state index in [1.54, 1.807) is 7.05 Å². The summed E-state index contributed by atoms with van der Waals surface area (Å²) < 4.78 is 3.59. The third-order valence-electron chi connectivity index (χ3n) is 0.961. The van der Waals surface area contributed by atoms with E-state index in [2.05, 4.69) is 20.2 Å². The van der Waals surface area contributed by atoms with Gasteiger partial charge >= 0.3 is 0 Å². The van der Waals surface area contributed by atoms with Crippen LogP contribution in [0.3, 0.4) is 0 Å². The van der Waals surface area contributed by atoms with E-state index in [1.807, 2.05) is 0 Å². The van der Waals surface area contributed by atoms with Crippen LogP contribution in [0.25, 0.3) is 0 Å². The summed E-state index contributed by atoms with van der Waals surface area (Å²) in [6.45, 7) is 0.303. The van der Waals surface area contributed by atoms with Gasteiger partial charge in [-0.2, -0.15) is 0 Å². The second-order valence-corrected chi connectivity index (χ2v) is 2.65. The molecule has 0 atom stereocenters. The summed E-state index contributed by atoms with van der Waals surface area (Å²) in [6, 6.07) is 0. The Morgan fingerprint density at radius 3 is 3.18 bits per heavy atom. The second kappa shape index (κ2) is 3.99. The van der Waals surface area contributed by atoms with Crippen LogP contribution in [-0.2, 0) is 4.79 Å². The average Bonchev–Trinajstić information content (AvgIpc) is 2.40. The van der Waals surface area contributed by atoms with Crippen LogP contribution >= 0.6 is 11.5 Å². The molecule has 1 aromatic heterocycles. The van der Waals surface area contributed by atoms with E-state index in [4.69, 9.17) is 0 Å². The van der Waals surface area contributed by atoms with Crippen molar-refractivity contribution in [1.29, 1.82) is 0 Å². The summed E-state index contributed by atoms with van der Waals surface area (Å²) in [4.78, 5) is 10.9. The van der Waals surface area contributed by atoms with Crippen LogP contribution in [0, 0.1) is 0 Å². The van der Waals surface area contributed by atoms with Crippen molar-refractivity contribution in [1.82, 2.24) is 14.9 Å².